The van der Waals surface area contributed by atoms with Crippen molar-refractivity contribution in [3.05, 3.63) is 35.4 Å². The number of carbonyl (C=O) groups excluding carboxylic acids is 2. The number of hydrogen-bond donors (Lipinski definition) is 0. The molecule has 1 aromatic carbocycles. The summed E-state index contributed by atoms with van der Waals surface area (Å²) in [5.74, 6) is -2.67. The average Bonchev–Trinajstić information content (AvgIpc) is 2.86. The summed E-state index contributed by atoms with van der Waals surface area (Å²) in [7, 11) is 0. The Kier molecular flexibility index (Phi) is 23.1. The van der Waals surface area contributed by atoms with Gasteiger partial charge in [-0.15, -0.1) is 0 Å². The van der Waals surface area contributed by atoms with Crippen LogP contribution >= 0.6 is 0 Å². The van der Waals surface area contributed by atoms with E-state index < -0.39 is 11.9 Å². The number of quaternary nitrogens is 2. The third kappa shape index (κ3) is 16.1. The summed E-state index contributed by atoms with van der Waals surface area (Å²) in [6.07, 6.45) is 10.7. The van der Waals surface area contributed by atoms with Crippen molar-refractivity contribution < 1.29 is 28.8 Å². The quantitative estimate of drug-likeness (QED) is 0.239. The van der Waals surface area contributed by atoms with Gasteiger partial charge in [-0.3, -0.25) is 0 Å². The lowest BCUT2D eigenvalue weighted by atomic mass is 10.1. The van der Waals surface area contributed by atoms with E-state index in [9.17, 15) is 19.8 Å². The van der Waals surface area contributed by atoms with E-state index in [-0.39, 0.29) is 11.1 Å². The molecule has 0 aliphatic rings. The monoisotopic (exact) mass is 536 g/mol. The summed E-state index contributed by atoms with van der Waals surface area (Å²) in [5, 5.41) is 20.4. The minimum absolute atomic E-state index is 0.0556. The Morgan fingerprint density at radius 2 is 0.605 bits per heavy atom. The van der Waals surface area contributed by atoms with Gasteiger partial charge in [-0.05, 0) is 62.5 Å². The molecule has 0 aliphatic carbocycles. The van der Waals surface area contributed by atoms with Crippen molar-refractivity contribution in [2.75, 3.05) is 52.4 Å². The molecule has 0 atom stereocenters. The van der Waals surface area contributed by atoms with E-state index in [4.69, 9.17) is 0 Å². The maximum atomic E-state index is 10.2. The van der Waals surface area contributed by atoms with Gasteiger partial charge >= 0.3 is 0 Å². The zero-order valence-corrected chi connectivity index (χ0v) is 26.2. The smallest absolute Gasteiger partial charge is 0.0783 e. The molecule has 0 aromatic heterocycles. The molecule has 0 unspecified atom stereocenters. The molecular formula is C32H60N2O4. The summed E-state index contributed by atoms with van der Waals surface area (Å²) in [5.41, 5.74) is -0.111. The van der Waals surface area contributed by atoms with Crippen molar-refractivity contribution in [1.82, 2.24) is 0 Å². The third-order valence-electron chi connectivity index (χ3n) is 6.94. The molecule has 0 aliphatic heterocycles. The first-order chi connectivity index (χ1) is 18.1. The van der Waals surface area contributed by atoms with Crippen LogP contribution in [0.3, 0.4) is 0 Å². The van der Waals surface area contributed by atoms with E-state index in [1.54, 1.807) is 0 Å². The molecule has 1 rings (SSSR count). The third-order valence-corrected chi connectivity index (χ3v) is 6.94. The molecule has 0 bridgehead atoms. The molecule has 0 radical (unpaired) electrons. The number of benzene rings is 1. The molecule has 0 fully saturated rings. The van der Waals surface area contributed by atoms with Crippen LogP contribution in [0.4, 0.5) is 0 Å². The second kappa shape index (κ2) is 23.0. The summed E-state index contributed by atoms with van der Waals surface area (Å²) in [6, 6.07) is 4.61. The summed E-state index contributed by atoms with van der Waals surface area (Å²) < 4.78 is 2.75. The normalized spacial score (nSPS) is 11.2. The Balaban J connectivity index is 0. The van der Waals surface area contributed by atoms with Crippen molar-refractivity contribution in [3.63, 3.8) is 0 Å². The Hall–Kier alpha value is -1.92. The molecule has 0 saturated carbocycles. The Morgan fingerprint density at radius 3 is 0.711 bits per heavy atom. The van der Waals surface area contributed by atoms with Crippen molar-refractivity contribution >= 4 is 11.9 Å². The molecule has 1 aromatic rings. The predicted molar refractivity (Wildman–Crippen MR) is 157 cm³/mol. The fourth-order valence-electron chi connectivity index (χ4n) is 5.88. The predicted octanol–water partition coefficient (Wildman–Crippen LogP) is 5.30. The average molecular weight is 537 g/mol. The molecule has 222 valence electrons. The molecule has 0 spiro atoms. The number of rotatable bonds is 18. The van der Waals surface area contributed by atoms with Gasteiger partial charge in [-0.2, -0.15) is 0 Å². The molecule has 0 N–H and O–H groups in total. The lowest BCUT2D eigenvalue weighted by Crippen LogP contribution is -2.50. The second-order valence-electron chi connectivity index (χ2n) is 10.6. The zero-order chi connectivity index (χ0) is 29.5. The number of carboxylic acid groups (broad SMARTS) is 2. The first-order valence-electron chi connectivity index (χ1n) is 15.3. The molecule has 0 amide bonds. The molecule has 6 heteroatoms. The van der Waals surface area contributed by atoms with Crippen LogP contribution in [0, 0.1) is 0 Å². The van der Waals surface area contributed by atoms with Crippen LogP contribution in [0.25, 0.3) is 0 Å². The van der Waals surface area contributed by atoms with Gasteiger partial charge in [0.15, 0.2) is 0 Å². The fourth-order valence-corrected chi connectivity index (χ4v) is 5.88. The van der Waals surface area contributed by atoms with Gasteiger partial charge in [-0.1, -0.05) is 79.7 Å². The van der Waals surface area contributed by atoms with Crippen molar-refractivity contribution in [2.45, 2.75) is 107 Å². The van der Waals surface area contributed by atoms with Crippen LogP contribution in [0.5, 0.6) is 0 Å². The van der Waals surface area contributed by atoms with E-state index in [1.165, 1.54) is 113 Å². The highest BCUT2D eigenvalue weighted by Crippen LogP contribution is 2.13. The van der Waals surface area contributed by atoms with Gasteiger partial charge in [0.1, 0.15) is 0 Å². The van der Waals surface area contributed by atoms with Crippen LogP contribution in [-0.2, 0) is 0 Å². The van der Waals surface area contributed by atoms with E-state index in [1.807, 2.05) is 0 Å². The van der Waals surface area contributed by atoms with Gasteiger partial charge in [0.2, 0.25) is 0 Å². The van der Waals surface area contributed by atoms with Crippen LogP contribution in [0.1, 0.15) is 127 Å². The fraction of sp³-hybridized carbons (Fsp3) is 0.750. The zero-order valence-electron chi connectivity index (χ0n) is 26.2. The van der Waals surface area contributed by atoms with E-state index >= 15 is 0 Å². The summed E-state index contributed by atoms with van der Waals surface area (Å²) >= 11 is 0. The number of hydrogen-bond acceptors (Lipinski definition) is 4. The number of carboxylic acids is 2. The lowest BCUT2D eigenvalue weighted by Gasteiger charge is -2.38. The summed E-state index contributed by atoms with van der Waals surface area (Å²) in [6.45, 7) is 29.6. The number of nitrogens with zero attached hydrogens (tertiary/aromatic N) is 2. The topological polar surface area (TPSA) is 80.3 Å². The highest BCUT2D eigenvalue weighted by atomic mass is 16.4. The second-order valence-corrected chi connectivity index (χ2v) is 10.6. The molecule has 0 saturated heterocycles. The number of carbonyl (C=O) groups is 2. The largest absolute Gasteiger partial charge is 0.545 e. The minimum Gasteiger partial charge on any atom is -0.545 e. The maximum absolute atomic E-state index is 10.2. The van der Waals surface area contributed by atoms with Gasteiger partial charge in [0.25, 0.3) is 0 Å². The first-order valence-corrected chi connectivity index (χ1v) is 15.3. The van der Waals surface area contributed by atoms with Crippen LogP contribution in [-0.4, -0.2) is 73.3 Å². The summed E-state index contributed by atoms with van der Waals surface area (Å²) in [4.78, 5) is 20.4. The van der Waals surface area contributed by atoms with Crippen LogP contribution < -0.4 is 10.2 Å². The molecule has 6 nitrogen and oxygen atoms in total. The Labute approximate surface area is 235 Å². The van der Waals surface area contributed by atoms with E-state index in [0.717, 1.165) is 24.3 Å². The first kappa shape index (κ1) is 38.2. The van der Waals surface area contributed by atoms with Crippen LogP contribution in [0.15, 0.2) is 24.3 Å². The highest BCUT2D eigenvalue weighted by molar-refractivity contribution is 5.89. The van der Waals surface area contributed by atoms with Crippen molar-refractivity contribution in [2.24, 2.45) is 0 Å². The van der Waals surface area contributed by atoms with Crippen molar-refractivity contribution in [1.29, 1.82) is 0 Å². The van der Waals surface area contributed by atoms with Crippen molar-refractivity contribution in [3.8, 4) is 0 Å². The molecular weight excluding hydrogens is 476 g/mol. The Bertz CT molecular complexity index is 599. The van der Waals surface area contributed by atoms with Gasteiger partial charge in [-0.25, -0.2) is 0 Å². The van der Waals surface area contributed by atoms with Gasteiger partial charge in [0, 0.05) is 0 Å². The lowest BCUT2D eigenvalue weighted by molar-refractivity contribution is -0.928. The Morgan fingerprint density at radius 1 is 0.447 bits per heavy atom. The van der Waals surface area contributed by atoms with E-state index in [0.29, 0.717) is 0 Å². The minimum atomic E-state index is -1.33. The number of aromatic carboxylic acids is 2. The highest BCUT2D eigenvalue weighted by Gasteiger charge is 2.23. The SMILES string of the molecule is CCC[N+](CCC)(CCC)CCC.CCC[N+](CCC)(CCC)CCC.O=C([O-])c1ccc(C(=O)[O-])cc1. The maximum Gasteiger partial charge on any atom is 0.0783 e. The van der Waals surface area contributed by atoms with Gasteiger partial charge in [0.05, 0.1) is 64.3 Å². The van der Waals surface area contributed by atoms with Crippen LogP contribution in [0.2, 0.25) is 0 Å². The molecule has 38 heavy (non-hydrogen) atoms. The molecule has 0 heterocycles. The standard InChI is InChI=1S/2C12H28N.C8H6O4/c2*1-5-9-13(10-6-2,11-7-3)12-8-4;9-7(10)5-1-2-6(4-3-5)8(11)12/h2*5-12H2,1-4H3;1-4H,(H,9,10)(H,11,12)/q2*+1;/p-2. The van der Waals surface area contributed by atoms with E-state index in [2.05, 4.69) is 55.4 Å². The van der Waals surface area contributed by atoms with Gasteiger partial charge < -0.3 is 28.8 Å².